The number of carbonyl (C=O) groups excluding carboxylic acids is 1. The van der Waals surface area contributed by atoms with Crippen molar-refractivity contribution < 1.29 is 4.79 Å². The summed E-state index contributed by atoms with van der Waals surface area (Å²) in [6.45, 7) is 0. The number of nitrogen functional groups attached to an aromatic ring is 1. The number of anilines is 1. The van der Waals surface area contributed by atoms with E-state index in [-0.39, 0.29) is 12.2 Å². The summed E-state index contributed by atoms with van der Waals surface area (Å²) >= 11 is 3.34. The van der Waals surface area contributed by atoms with Gasteiger partial charge in [-0.05, 0) is 24.3 Å². The fourth-order valence-electron chi connectivity index (χ4n) is 2.45. The van der Waals surface area contributed by atoms with E-state index in [4.69, 9.17) is 5.73 Å². The number of benzene rings is 2. The summed E-state index contributed by atoms with van der Waals surface area (Å²) in [5.74, 6) is -0.0242. The molecule has 21 heavy (non-hydrogen) atoms. The fourth-order valence-corrected chi connectivity index (χ4v) is 2.83. The molecule has 0 radical (unpaired) electrons. The maximum absolute atomic E-state index is 12.5. The predicted molar refractivity (Wildman–Crippen MR) is 87.3 cm³/mol. The first-order valence-corrected chi connectivity index (χ1v) is 7.34. The topological polar surface area (TPSA) is 60.9 Å². The van der Waals surface area contributed by atoms with Crippen molar-refractivity contribution in [3.8, 4) is 0 Å². The molecular weight excluding hydrogens is 330 g/mol. The summed E-state index contributed by atoms with van der Waals surface area (Å²) in [7, 11) is 1.88. The van der Waals surface area contributed by atoms with E-state index in [0.29, 0.717) is 11.3 Å². The van der Waals surface area contributed by atoms with Crippen molar-refractivity contribution in [2.45, 2.75) is 6.42 Å². The molecule has 3 aromatic rings. The summed E-state index contributed by atoms with van der Waals surface area (Å²) in [5.41, 5.74) is 8.73. The van der Waals surface area contributed by atoms with Crippen molar-refractivity contribution in [1.29, 1.82) is 0 Å². The van der Waals surface area contributed by atoms with Crippen molar-refractivity contribution >= 4 is 38.3 Å². The molecule has 0 saturated heterocycles. The lowest BCUT2D eigenvalue weighted by molar-refractivity contribution is 0.0993. The molecule has 0 fully saturated rings. The minimum atomic E-state index is -0.0242. The molecule has 0 spiro atoms. The number of carbonyl (C=O) groups is 1. The van der Waals surface area contributed by atoms with Gasteiger partial charge >= 0.3 is 0 Å². The molecule has 3 rings (SSSR count). The lowest BCUT2D eigenvalue weighted by atomic mass is 10.0. The Morgan fingerprint density at radius 3 is 2.81 bits per heavy atom. The van der Waals surface area contributed by atoms with Gasteiger partial charge in [0.05, 0.1) is 17.6 Å². The zero-order valence-electron chi connectivity index (χ0n) is 11.5. The second kappa shape index (κ2) is 5.33. The molecule has 0 aliphatic rings. The Morgan fingerprint density at radius 1 is 1.29 bits per heavy atom. The summed E-state index contributed by atoms with van der Waals surface area (Å²) in [4.78, 5) is 12.5. The molecule has 2 N–H and O–H groups in total. The van der Waals surface area contributed by atoms with Crippen molar-refractivity contribution in [2.75, 3.05) is 5.73 Å². The Bertz CT molecular complexity index is 839. The van der Waals surface area contributed by atoms with Crippen molar-refractivity contribution in [3.05, 3.63) is 58.2 Å². The molecule has 0 unspecified atom stereocenters. The molecule has 0 amide bonds. The van der Waals surface area contributed by atoms with Crippen LogP contribution >= 0.6 is 15.9 Å². The Kier molecular flexibility index (Phi) is 3.51. The van der Waals surface area contributed by atoms with Crippen LogP contribution in [0, 0.1) is 0 Å². The highest BCUT2D eigenvalue weighted by molar-refractivity contribution is 9.10. The van der Waals surface area contributed by atoms with Crippen LogP contribution in [-0.2, 0) is 13.5 Å². The molecule has 1 aromatic heterocycles. The second-order valence-corrected chi connectivity index (χ2v) is 5.83. The average molecular weight is 344 g/mol. The number of Topliss-reactive ketones (excluding diaryl/α,β-unsaturated/α-hetero) is 1. The molecule has 2 aromatic carbocycles. The van der Waals surface area contributed by atoms with Gasteiger partial charge in [0, 0.05) is 28.2 Å². The first-order chi connectivity index (χ1) is 10.1. The number of halogens is 1. The van der Waals surface area contributed by atoms with Crippen LogP contribution in [0.3, 0.4) is 0 Å². The number of aryl methyl sites for hydroxylation is 1. The minimum absolute atomic E-state index is 0.0242. The maximum atomic E-state index is 12.5. The first kappa shape index (κ1) is 13.8. The number of nitrogens with zero attached hydrogens (tertiary/aromatic N) is 2. The van der Waals surface area contributed by atoms with Gasteiger partial charge in [-0.1, -0.05) is 34.1 Å². The van der Waals surface area contributed by atoms with Gasteiger partial charge in [-0.2, -0.15) is 5.10 Å². The highest BCUT2D eigenvalue weighted by Crippen LogP contribution is 2.22. The second-order valence-electron chi connectivity index (χ2n) is 4.92. The Morgan fingerprint density at radius 2 is 2.05 bits per heavy atom. The lowest BCUT2D eigenvalue weighted by Crippen LogP contribution is -2.08. The fraction of sp³-hybridized carbons (Fsp3) is 0.125. The van der Waals surface area contributed by atoms with Crippen LogP contribution < -0.4 is 5.73 Å². The zero-order chi connectivity index (χ0) is 15.0. The molecular formula is C16H14BrN3O. The van der Waals surface area contributed by atoms with E-state index in [2.05, 4.69) is 21.0 Å². The largest absolute Gasteiger partial charge is 0.398 e. The summed E-state index contributed by atoms with van der Waals surface area (Å²) in [6, 6.07) is 13.2. The highest BCUT2D eigenvalue weighted by Gasteiger charge is 2.15. The number of hydrogen-bond acceptors (Lipinski definition) is 3. The van der Waals surface area contributed by atoms with Gasteiger partial charge in [-0.25, -0.2) is 0 Å². The number of nitrogens with two attached hydrogens (primary N) is 1. The third-order valence-electron chi connectivity index (χ3n) is 3.48. The number of fused-ring (bicyclic) bond motifs is 1. The van der Waals surface area contributed by atoms with Crippen LogP contribution in [0.15, 0.2) is 46.9 Å². The van der Waals surface area contributed by atoms with Crippen molar-refractivity contribution in [3.63, 3.8) is 0 Å². The van der Waals surface area contributed by atoms with E-state index in [9.17, 15) is 4.79 Å². The van der Waals surface area contributed by atoms with Gasteiger partial charge in [0.25, 0.3) is 0 Å². The van der Waals surface area contributed by atoms with Gasteiger partial charge in [-0.3, -0.25) is 9.48 Å². The molecule has 0 saturated carbocycles. The van der Waals surface area contributed by atoms with Crippen LogP contribution in [0.4, 0.5) is 5.69 Å². The first-order valence-electron chi connectivity index (χ1n) is 6.55. The number of hydrogen-bond donors (Lipinski definition) is 1. The molecule has 0 aliphatic heterocycles. The maximum Gasteiger partial charge on any atom is 0.170 e. The van der Waals surface area contributed by atoms with Gasteiger partial charge in [0.15, 0.2) is 5.78 Å². The normalized spacial score (nSPS) is 11.0. The standard InChI is InChI=1S/C16H14BrN3O/c1-20-15-5-3-2-4-12(15)14(19-20)9-16(21)11-7-6-10(17)8-13(11)18/h2-8H,9,18H2,1H3. The van der Waals surface area contributed by atoms with Crippen LogP contribution in [-0.4, -0.2) is 15.6 Å². The van der Waals surface area contributed by atoms with E-state index in [1.54, 1.807) is 16.8 Å². The minimum Gasteiger partial charge on any atom is -0.398 e. The van der Waals surface area contributed by atoms with Crippen LogP contribution in [0.1, 0.15) is 16.1 Å². The molecule has 1 heterocycles. The van der Waals surface area contributed by atoms with E-state index < -0.39 is 0 Å². The Labute approximate surface area is 130 Å². The average Bonchev–Trinajstić information content (AvgIpc) is 2.76. The number of rotatable bonds is 3. The SMILES string of the molecule is Cn1nc(CC(=O)c2ccc(Br)cc2N)c2ccccc21. The third-order valence-corrected chi connectivity index (χ3v) is 3.97. The summed E-state index contributed by atoms with van der Waals surface area (Å²) < 4.78 is 2.66. The molecule has 0 atom stereocenters. The van der Waals surface area contributed by atoms with E-state index in [1.807, 2.05) is 37.4 Å². The summed E-state index contributed by atoms with van der Waals surface area (Å²) in [5, 5.41) is 5.45. The zero-order valence-corrected chi connectivity index (χ0v) is 13.1. The molecule has 5 heteroatoms. The van der Waals surface area contributed by atoms with Crippen LogP contribution in [0.5, 0.6) is 0 Å². The van der Waals surface area contributed by atoms with Crippen molar-refractivity contribution in [2.24, 2.45) is 7.05 Å². The molecule has 0 bridgehead atoms. The predicted octanol–water partition coefficient (Wildman–Crippen LogP) is 3.34. The number of aromatic nitrogens is 2. The third kappa shape index (κ3) is 2.56. The quantitative estimate of drug-likeness (QED) is 0.586. The Hall–Kier alpha value is -2.14. The van der Waals surface area contributed by atoms with Crippen LogP contribution in [0.2, 0.25) is 0 Å². The Balaban J connectivity index is 1.97. The van der Waals surface area contributed by atoms with E-state index >= 15 is 0 Å². The molecule has 4 nitrogen and oxygen atoms in total. The van der Waals surface area contributed by atoms with Gasteiger partial charge in [-0.15, -0.1) is 0 Å². The van der Waals surface area contributed by atoms with Gasteiger partial charge < -0.3 is 5.73 Å². The lowest BCUT2D eigenvalue weighted by Gasteiger charge is -2.04. The smallest absolute Gasteiger partial charge is 0.170 e. The van der Waals surface area contributed by atoms with Gasteiger partial charge in [0.1, 0.15) is 0 Å². The summed E-state index contributed by atoms with van der Waals surface area (Å²) in [6.07, 6.45) is 0.243. The van der Waals surface area contributed by atoms with Crippen molar-refractivity contribution in [1.82, 2.24) is 9.78 Å². The number of para-hydroxylation sites is 1. The van der Waals surface area contributed by atoms with E-state index in [1.165, 1.54) is 0 Å². The molecule has 106 valence electrons. The number of ketones is 1. The van der Waals surface area contributed by atoms with Gasteiger partial charge in [0.2, 0.25) is 0 Å². The van der Waals surface area contributed by atoms with Crippen LogP contribution in [0.25, 0.3) is 10.9 Å². The highest BCUT2D eigenvalue weighted by atomic mass is 79.9. The molecule has 0 aliphatic carbocycles. The monoisotopic (exact) mass is 343 g/mol. The van der Waals surface area contributed by atoms with E-state index in [0.717, 1.165) is 21.1 Å².